The lowest BCUT2D eigenvalue weighted by Gasteiger charge is -2.13. The fourth-order valence-corrected chi connectivity index (χ4v) is 0.951. The fourth-order valence-electron chi connectivity index (χ4n) is 0.951. The third-order valence-electron chi connectivity index (χ3n) is 1.72. The molecule has 0 bridgehead atoms. The van der Waals surface area contributed by atoms with E-state index < -0.39 is 23.9 Å². The van der Waals surface area contributed by atoms with Crippen molar-refractivity contribution in [3.05, 3.63) is 0 Å². The molecule has 0 heterocycles. The number of carboxylic acid groups (broad SMARTS) is 2. The zero-order chi connectivity index (χ0) is 10.4. The van der Waals surface area contributed by atoms with E-state index >= 15 is 0 Å². The van der Waals surface area contributed by atoms with Gasteiger partial charge in [-0.25, -0.2) is 0 Å². The number of aliphatic carboxylic acids is 2. The predicted octanol–water partition coefficient (Wildman–Crippen LogP) is -1.16. The summed E-state index contributed by atoms with van der Waals surface area (Å²) in [4.78, 5) is 20.9. The molecule has 0 fully saturated rings. The highest BCUT2D eigenvalue weighted by molar-refractivity contribution is 5.75. The summed E-state index contributed by atoms with van der Waals surface area (Å²) < 4.78 is 0. The topological polar surface area (TPSA) is 127 Å². The first-order valence-electron chi connectivity index (χ1n) is 3.90. The van der Waals surface area contributed by atoms with Crippen molar-refractivity contribution >= 4 is 11.9 Å². The van der Waals surface area contributed by atoms with Gasteiger partial charge < -0.3 is 21.7 Å². The summed E-state index contributed by atoms with van der Waals surface area (Å²) in [6, 6.07) is -1.13. The van der Waals surface area contributed by atoms with E-state index in [1.165, 1.54) is 0 Å². The van der Waals surface area contributed by atoms with Crippen LogP contribution in [-0.4, -0.2) is 34.7 Å². The quantitative estimate of drug-likeness (QED) is 0.418. The van der Waals surface area contributed by atoms with Crippen LogP contribution in [0, 0.1) is 5.92 Å². The number of hydrogen-bond donors (Lipinski definition) is 4. The van der Waals surface area contributed by atoms with Crippen LogP contribution in [0.15, 0.2) is 0 Å². The molecule has 13 heavy (non-hydrogen) atoms. The van der Waals surface area contributed by atoms with Gasteiger partial charge >= 0.3 is 11.9 Å². The molecule has 0 aromatic heterocycles. The molecule has 0 amide bonds. The Labute approximate surface area is 75.5 Å². The smallest absolute Gasteiger partial charge is 0.320 e. The Hall–Kier alpha value is -1.14. The molecule has 6 N–H and O–H groups in total. The summed E-state index contributed by atoms with van der Waals surface area (Å²) in [5, 5.41) is 17.1. The average Bonchev–Trinajstić information content (AvgIpc) is 2.03. The van der Waals surface area contributed by atoms with Gasteiger partial charge in [0.2, 0.25) is 0 Å². The van der Waals surface area contributed by atoms with Crippen LogP contribution in [0.4, 0.5) is 0 Å². The summed E-state index contributed by atoms with van der Waals surface area (Å²) in [5.41, 5.74) is 10.3. The third kappa shape index (κ3) is 4.44. The molecule has 6 heteroatoms. The first kappa shape index (κ1) is 11.9. The molecule has 0 aromatic rings. The molecule has 0 saturated carbocycles. The molecule has 6 nitrogen and oxygen atoms in total. The van der Waals surface area contributed by atoms with Crippen LogP contribution in [0.25, 0.3) is 0 Å². The first-order chi connectivity index (χ1) is 5.99. The Kier molecular flexibility index (Phi) is 5.01. The second-order valence-corrected chi connectivity index (χ2v) is 2.79. The maximum Gasteiger partial charge on any atom is 0.320 e. The van der Waals surface area contributed by atoms with Crippen molar-refractivity contribution in [3.63, 3.8) is 0 Å². The first-order valence-corrected chi connectivity index (χ1v) is 3.90. The van der Waals surface area contributed by atoms with Crippen LogP contribution in [0.1, 0.15) is 12.8 Å². The number of rotatable bonds is 6. The van der Waals surface area contributed by atoms with E-state index in [1.54, 1.807) is 0 Å². The van der Waals surface area contributed by atoms with Gasteiger partial charge in [0, 0.05) is 0 Å². The Balaban J connectivity index is 4.09. The standard InChI is InChI=1S/C7H14N2O4/c8-2-1-4(6(10)11)3-5(9)7(12)13/h4-5H,1-3,8-9H2,(H,10,11)(H,12,13)/t4?,5-/m0/s1. The zero-order valence-electron chi connectivity index (χ0n) is 7.14. The van der Waals surface area contributed by atoms with Crippen molar-refractivity contribution < 1.29 is 19.8 Å². The van der Waals surface area contributed by atoms with E-state index in [2.05, 4.69) is 0 Å². The monoisotopic (exact) mass is 190 g/mol. The molecule has 0 aliphatic rings. The molecule has 0 aromatic carbocycles. The van der Waals surface area contributed by atoms with Crippen LogP contribution in [0.5, 0.6) is 0 Å². The third-order valence-corrected chi connectivity index (χ3v) is 1.72. The van der Waals surface area contributed by atoms with Gasteiger partial charge in [-0.15, -0.1) is 0 Å². The highest BCUT2D eigenvalue weighted by atomic mass is 16.4. The molecule has 0 aliphatic heterocycles. The number of carboxylic acids is 2. The van der Waals surface area contributed by atoms with Gasteiger partial charge in [0.1, 0.15) is 6.04 Å². The average molecular weight is 190 g/mol. The largest absolute Gasteiger partial charge is 0.481 e. The highest BCUT2D eigenvalue weighted by Crippen LogP contribution is 2.10. The molecule has 0 aliphatic carbocycles. The minimum absolute atomic E-state index is 0.0815. The number of hydrogen-bond acceptors (Lipinski definition) is 4. The summed E-state index contributed by atoms with van der Waals surface area (Å²) in [5.74, 6) is -3.01. The van der Waals surface area contributed by atoms with Gasteiger partial charge in [0.25, 0.3) is 0 Å². The minimum atomic E-state index is -1.19. The van der Waals surface area contributed by atoms with E-state index in [4.69, 9.17) is 21.7 Å². The van der Waals surface area contributed by atoms with E-state index in [-0.39, 0.29) is 19.4 Å². The predicted molar refractivity (Wildman–Crippen MR) is 45.0 cm³/mol. The number of carbonyl (C=O) groups is 2. The Morgan fingerprint density at radius 3 is 2.08 bits per heavy atom. The Bertz CT molecular complexity index is 195. The van der Waals surface area contributed by atoms with Crippen molar-refractivity contribution in [1.82, 2.24) is 0 Å². The van der Waals surface area contributed by atoms with Crippen LogP contribution in [0.2, 0.25) is 0 Å². The molecular formula is C7H14N2O4. The molecule has 0 rings (SSSR count). The van der Waals surface area contributed by atoms with Crippen LogP contribution >= 0.6 is 0 Å². The summed E-state index contributed by atoms with van der Waals surface area (Å²) in [6.07, 6.45) is 0.165. The Morgan fingerprint density at radius 2 is 1.77 bits per heavy atom. The normalized spacial score (nSPS) is 14.9. The van der Waals surface area contributed by atoms with E-state index in [0.717, 1.165) is 0 Å². The van der Waals surface area contributed by atoms with Crippen molar-refractivity contribution in [2.45, 2.75) is 18.9 Å². The summed E-state index contributed by atoms with van der Waals surface area (Å²) in [7, 11) is 0. The van der Waals surface area contributed by atoms with Crippen molar-refractivity contribution in [2.75, 3.05) is 6.54 Å². The molecule has 1 unspecified atom stereocenters. The van der Waals surface area contributed by atoms with Crippen molar-refractivity contribution in [2.24, 2.45) is 17.4 Å². The molecule has 0 radical (unpaired) electrons. The summed E-state index contributed by atoms with van der Waals surface area (Å²) in [6.45, 7) is 0.212. The SMILES string of the molecule is NCCC(C[C@H](N)C(=O)O)C(=O)O. The maximum absolute atomic E-state index is 10.5. The molecule has 2 atom stereocenters. The van der Waals surface area contributed by atoms with Crippen LogP contribution < -0.4 is 11.5 Å². The van der Waals surface area contributed by atoms with Gasteiger partial charge in [-0.1, -0.05) is 0 Å². The van der Waals surface area contributed by atoms with Crippen molar-refractivity contribution in [1.29, 1.82) is 0 Å². The van der Waals surface area contributed by atoms with Gasteiger partial charge in [0.05, 0.1) is 5.92 Å². The van der Waals surface area contributed by atoms with Gasteiger partial charge in [-0.2, -0.15) is 0 Å². The molecule has 0 spiro atoms. The maximum atomic E-state index is 10.5. The van der Waals surface area contributed by atoms with Gasteiger partial charge in [-0.05, 0) is 19.4 Å². The lowest BCUT2D eigenvalue weighted by atomic mass is 9.97. The lowest BCUT2D eigenvalue weighted by Crippen LogP contribution is -2.35. The van der Waals surface area contributed by atoms with E-state index in [0.29, 0.717) is 0 Å². The van der Waals surface area contributed by atoms with Crippen LogP contribution in [0.3, 0.4) is 0 Å². The second kappa shape index (κ2) is 5.50. The van der Waals surface area contributed by atoms with E-state index in [9.17, 15) is 9.59 Å². The second-order valence-electron chi connectivity index (χ2n) is 2.79. The van der Waals surface area contributed by atoms with Crippen molar-refractivity contribution in [3.8, 4) is 0 Å². The minimum Gasteiger partial charge on any atom is -0.481 e. The number of nitrogens with two attached hydrogens (primary N) is 2. The Morgan fingerprint density at radius 1 is 1.23 bits per heavy atom. The molecular weight excluding hydrogens is 176 g/mol. The highest BCUT2D eigenvalue weighted by Gasteiger charge is 2.23. The van der Waals surface area contributed by atoms with Gasteiger partial charge in [-0.3, -0.25) is 9.59 Å². The molecule has 76 valence electrons. The van der Waals surface area contributed by atoms with Gasteiger partial charge in [0.15, 0.2) is 0 Å². The van der Waals surface area contributed by atoms with E-state index in [1.807, 2.05) is 0 Å². The fraction of sp³-hybridized carbons (Fsp3) is 0.714. The zero-order valence-corrected chi connectivity index (χ0v) is 7.14. The lowest BCUT2D eigenvalue weighted by molar-refractivity contribution is -0.143. The molecule has 0 saturated heterocycles. The summed E-state index contributed by atoms with van der Waals surface area (Å²) >= 11 is 0. The van der Waals surface area contributed by atoms with Crippen LogP contribution in [-0.2, 0) is 9.59 Å².